The maximum atomic E-state index is 13.3. The summed E-state index contributed by atoms with van der Waals surface area (Å²) >= 11 is -0.329. The van der Waals surface area contributed by atoms with Gasteiger partial charge in [0.2, 0.25) is 0 Å². The average molecular weight is 301 g/mol. The van der Waals surface area contributed by atoms with Crippen LogP contribution in [0.15, 0.2) is 12.1 Å². The molecule has 0 amide bonds. The number of carboxylic acid groups (broad SMARTS) is 1. The van der Waals surface area contributed by atoms with Gasteiger partial charge in [-0.25, -0.2) is 13.6 Å². The lowest BCUT2D eigenvalue weighted by Crippen LogP contribution is -2.12. The average Bonchev–Trinajstić information content (AvgIpc) is 2.25. The molecule has 0 saturated heterocycles. The van der Waals surface area contributed by atoms with Gasteiger partial charge in [0.25, 0.3) is 0 Å². The van der Waals surface area contributed by atoms with Gasteiger partial charge < -0.3 is 10.4 Å². The smallest absolute Gasteiger partial charge is 0.441 e. The first kappa shape index (κ1) is 15.5. The third kappa shape index (κ3) is 4.93. The molecule has 1 rings (SSSR count). The van der Waals surface area contributed by atoms with Crippen molar-refractivity contribution in [2.75, 3.05) is 17.6 Å². The zero-order valence-corrected chi connectivity index (χ0v) is 10.0. The van der Waals surface area contributed by atoms with Crippen molar-refractivity contribution >= 4 is 23.4 Å². The van der Waals surface area contributed by atoms with E-state index in [1.807, 2.05) is 0 Å². The van der Waals surface area contributed by atoms with Crippen LogP contribution in [0.25, 0.3) is 0 Å². The fourth-order valence-electron chi connectivity index (χ4n) is 1.21. The molecule has 0 unspecified atom stereocenters. The fraction of sp³-hybridized carbons (Fsp3) is 0.300. The molecule has 9 heteroatoms. The van der Waals surface area contributed by atoms with Crippen molar-refractivity contribution in [1.29, 1.82) is 0 Å². The molecule has 0 bridgehead atoms. The SMILES string of the molecule is O=C(O)c1cc(F)c(NCCSC(F)(F)F)c(F)c1. The zero-order valence-electron chi connectivity index (χ0n) is 9.22. The van der Waals surface area contributed by atoms with E-state index in [2.05, 4.69) is 5.32 Å². The summed E-state index contributed by atoms with van der Waals surface area (Å²) in [6.07, 6.45) is 0. The van der Waals surface area contributed by atoms with Gasteiger partial charge in [-0.1, -0.05) is 0 Å². The van der Waals surface area contributed by atoms with Gasteiger partial charge in [-0.05, 0) is 23.9 Å². The summed E-state index contributed by atoms with van der Waals surface area (Å²) in [6.45, 7) is -0.315. The number of alkyl halides is 3. The maximum absolute atomic E-state index is 13.3. The summed E-state index contributed by atoms with van der Waals surface area (Å²) in [5.41, 5.74) is -5.63. The molecule has 0 spiro atoms. The highest BCUT2D eigenvalue weighted by Crippen LogP contribution is 2.30. The molecule has 3 nitrogen and oxygen atoms in total. The Labute approximate surface area is 108 Å². The number of aromatic carboxylic acids is 1. The van der Waals surface area contributed by atoms with Crippen LogP contribution in [0.3, 0.4) is 0 Å². The van der Waals surface area contributed by atoms with Crippen LogP contribution in [0.2, 0.25) is 0 Å². The van der Waals surface area contributed by atoms with E-state index in [4.69, 9.17) is 5.11 Å². The van der Waals surface area contributed by atoms with Crippen molar-refractivity contribution in [3.63, 3.8) is 0 Å². The summed E-state index contributed by atoms with van der Waals surface area (Å²) in [4.78, 5) is 10.5. The molecule has 0 saturated carbocycles. The Bertz CT molecular complexity index is 454. The first-order valence-corrected chi connectivity index (χ1v) is 5.86. The van der Waals surface area contributed by atoms with Crippen molar-refractivity contribution in [1.82, 2.24) is 0 Å². The van der Waals surface area contributed by atoms with Gasteiger partial charge >= 0.3 is 11.5 Å². The van der Waals surface area contributed by atoms with Crippen LogP contribution in [0.5, 0.6) is 0 Å². The number of rotatable bonds is 5. The fourth-order valence-corrected chi connectivity index (χ4v) is 1.64. The quantitative estimate of drug-likeness (QED) is 0.647. The largest absolute Gasteiger partial charge is 0.478 e. The van der Waals surface area contributed by atoms with Gasteiger partial charge in [-0.3, -0.25) is 0 Å². The Hall–Kier alpha value is -1.51. The highest BCUT2D eigenvalue weighted by molar-refractivity contribution is 8.00. The van der Waals surface area contributed by atoms with Gasteiger partial charge in [0, 0.05) is 12.3 Å². The van der Waals surface area contributed by atoms with E-state index in [1.54, 1.807) is 0 Å². The van der Waals surface area contributed by atoms with Gasteiger partial charge in [0.1, 0.15) is 17.3 Å². The normalized spacial score (nSPS) is 11.4. The summed E-state index contributed by atoms with van der Waals surface area (Å²) in [5, 5.41) is 10.7. The minimum Gasteiger partial charge on any atom is -0.478 e. The second-order valence-corrected chi connectivity index (χ2v) is 4.50. The monoisotopic (exact) mass is 301 g/mol. The molecule has 19 heavy (non-hydrogen) atoms. The summed E-state index contributed by atoms with van der Waals surface area (Å²) in [7, 11) is 0. The highest BCUT2D eigenvalue weighted by atomic mass is 32.2. The van der Waals surface area contributed by atoms with Gasteiger partial charge in [-0.2, -0.15) is 13.2 Å². The van der Waals surface area contributed by atoms with Gasteiger partial charge in [0.05, 0.1) is 5.56 Å². The predicted molar refractivity (Wildman–Crippen MR) is 60.3 cm³/mol. The molecule has 1 aromatic rings. The third-order valence-electron chi connectivity index (χ3n) is 1.96. The van der Waals surface area contributed by atoms with E-state index >= 15 is 0 Å². The Balaban J connectivity index is 2.67. The molecule has 0 aliphatic rings. The van der Waals surface area contributed by atoms with Crippen molar-refractivity contribution < 1.29 is 31.9 Å². The van der Waals surface area contributed by atoms with Crippen LogP contribution in [-0.4, -0.2) is 28.9 Å². The Morgan fingerprint density at radius 3 is 2.21 bits per heavy atom. The number of nitrogens with one attached hydrogen (secondary N) is 1. The maximum Gasteiger partial charge on any atom is 0.441 e. The summed E-state index contributed by atoms with van der Waals surface area (Å²) in [5.74, 6) is -4.27. The summed E-state index contributed by atoms with van der Waals surface area (Å²) < 4.78 is 62.1. The molecule has 0 atom stereocenters. The standard InChI is InChI=1S/C10H8F5NO2S/c11-6-3-5(9(17)18)4-7(12)8(6)16-1-2-19-10(13,14)15/h3-4,16H,1-2H2,(H,17,18). The summed E-state index contributed by atoms with van der Waals surface area (Å²) in [6, 6.07) is 1.18. The molecule has 0 heterocycles. The van der Waals surface area contributed by atoms with Crippen molar-refractivity contribution in [3.05, 3.63) is 29.3 Å². The molecule has 0 aliphatic heterocycles. The van der Waals surface area contributed by atoms with Crippen LogP contribution in [0, 0.1) is 11.6 Å². The predicted octanol–water partition coefficient (Wildman–Crippen LogP) is 3.33. The molecule has 0 radical (unpaired) electrons. The van der Waals surface area contributed by atoms with E-state index in [9.17, 15) is 26.7 Å². The van der Waals surface area contributed by atoms with Crippen LogP contribution in [0.1, 0.15) is 10.4 Å². The molecule has 0 aromatic heterocycles. The number of carbonyl (C=O) groups is 1. The van der Waals surface area contributed by atoms with E-state index in [0.29, 0.717) is 12.1 Å². The second-order valence-electron chi connectivity index (χ2n) is 3.34. The van der Waals surface area contributed by atoms with Gasteiger partial charge in [0.15, 0.2) is 0 Å². The van der Waals surface area contributed by atoms with Crippen LogP contribution in [0.4, 0.5) is 27.6 Å². The zero-order chi connectivity index (χ0) is 14.6. The van der Waals surface area contributed by atoms with E-state index < -0.39 is 40.1 Å². The molecule has 106 valence electrons. The Morgan fingerprint density at radius 1 is 1.26 bits per heavy atom. The molecular formula is C10H8F5NO2S. The first-order valence-electron chi connectivity index (χ1n) is 4.87. The molecule has 0 fully saturated rings. The number of thioether (sulfide) groups is 1. The van der Waals surface area contributed by atoms with E-state index in [0.717, 1.165) is 0 Å². The first-order chi connectivity index (χ1) is 8.70. The molecule has 1 aromatic carbocycles. The van der Waals surface area contributed by atoms with E-state index in [1.165, 1.54) is 0 Å². The van der Waals surface area contributed by atoms with Crippen molar-refractivity contribution in [2.24, 2.45) is 0 Å². The highest BCUT2D eigenvalue weighted by Gasteiger charge is 2.27. The lowest BCUT2D eigenvalue weighted by atomic mass is 10.2. The number of hydrogen-bond acceptors (Lipinski definition) is 3. The van der Waals surface area contributed by atoms with Crippen molar-refractivity contribution in [2.45, 2.75) is 5.51 Å². The van der Waals surface area contributed by atoms with Crippen molar-refractivity contribution in [3.8, 4) is 0 Å². The minimum atomic E-state index is -4.41. The number of benzene rings is 1. The lowest BCUT2D eigenvalue weighted by Gasteiger charge is -2.10. The molecule has 2 N–H and O–H groups in total. The number of anilines is 1. The van der Waals surface area contributed by atoms with E-state index in [-0.39, 0.29) is 18.3 Å². The Kier molecular flexibility index (Phi) is 4.98. The van der Waals surface area contributed by atoms with Crippen LogP contribution in [-0.2, 0) is 0 Å². The van der Waals surface area contributed by atoms with Gasteiger partial charge in [-0.15, -0.1) is 0 Å². The second kappa shape index (κ2) is 6.09. The number of hydrogen-bond donors (Lipinski definition) is 2. The van der Waals surface area contributed by atoms with Crippen LogP contribution >= 0.6 is 11.8 Å². The lowest BCUT2D eigenvalue weighted by molar-refractivity contribution is -0.0327. The topological polar surface area (TPSA) is 49.3 Å². The number of carboxylic acids is 1. The molecule has 0 aliphatic carbocycles. The number of halogens is 5. The minimum absolute atomic E-state index is 0.315. The molecular weight excluding hydrogens is 293 g/mol. The third-order valence-corrected chi connectivity index (χ3v) is 2.69. The Morgan fingerprint density at radius 2 is 1.79 bits per heavy atom. The van der Waals surface area contributed by atoms with Crippen LogP contribution < -0.4 is 5.32 Å².